The first-order chi connectivity index (χ1) is 21.0. The number of carbonyl (C=O) groups excluding carboxylic acids is 2. The van der Waals surface area contributed by atoms with Gasteiger partial charge in [-0.15, -0.1) is 0 Å². The van der Waals surface area contributed by atoms with Crippen LogP contribution < -0.4 is 4.90 Å². The maximum absolute atomic E-state index is 13.8. The van der Waals surface area contributed by atoms with Gasteiger partial charge in [0.2, 0.25) is 11.8 Å². The van der Waals surface area contributed by atoms with Gasteiger partial charge in [0, 0.05) is 0 Å². The number of fused-ring (bicyclic) bond motifs is 3. The molecule has 45 heavy (non-hydrogen) atoms. The Labute approximate surface area is 260 Å². The predicted octanol–water partition coefficient (Wildman–Crippen LogP) is 7.68. The van der Waals surface area contributed by atoms with Crippen molar-refractivity contribution in [1.82, 2.24) is 0 Å². The third kappa shape index (κ3) is 6.52. The van der Waals surface area contributed by atoms with E-state index in [1.807, 2.05) is 13.0 Å². The van der Waals surface area contributed by atoms with Crippen molar-refractivity contribution in [2.24, 2.45) is 17.8 Å². The molecule has 2 fully saturated rings. The van der Waals surface area contributed by atoms with Gasteiger partial charge >= 0.3 is 19.5 Å². The standard InChI is InChI=1S/C31H29BClF6NO5/c1-3-16(9-17-5-6-21(41)13-24(17)33)4-7-25-26-15(2)8-22-27(23(26)14-32(44)45-25)29(43)40(28(22)42)20-11-18(30(34,35)36)10-19(12-20)31(37,38)39/h5-6,9-13,22-23,25,27,41,44H,3-4,7-8,14H2,1-2H3/b16-9+/t22-,23+,25-,27-/m1/s1. The average molecular weight is 656 g/mol. The molecule has 2 heterocycles. The lowest BCUT2D eigenvalue weighted by Gasteiger charge is -2.42. The summed E-state index contributed by atoms with van der Waals surface area (Å²) in [5, 5.41) is 20.7. The van der Waals surface area contributed by atoms with Crippen molar-refractivity contribution >= 4 is 42.3 Å². The monoisotopic (exact) mass is 655 g/mol. The first-order valence-corrected chi connectivity index (χ1v) is 14.8. The minimum atomic E-state index is -5.16. The fourth-order valence-corrected chi connectivity index (χ4v) is 6.99. The fraction of sp³-hybridized carbons (Fsp3) is 0.419. The van der Waals surface area contributed by atoms with E-state index in [2.05, 4.69) is 0 Å². The van der Waals surface area contributed by atoms with Gasteiger partial charge in [0.25, 0.3) is 0 Å². The van der Waals surface area contributed by atoms with Gasteiger partial charge in [0.1, 0.15) is 5.75 Å². The van der Waals surface area contributed by atoms with Crippen LogP contribution in [0.5, 0.6) is 5.75 Å². The molecule has 6 nitrogen and oxygen atoms in total. The molecule has 0 unspecified atom stereocenters. The third-order valence-electron chi connectivity index (χ3n) is 8.81. The van der Waals surface area contributed by atoms with Crippen LogP contribution in [0.3, 0.4) is 0 Å². The summed E-state index contributed by atoms with van der Waals surface area (Å²) in [5.41, 5.74) is -0.940. The molecule has 0 aromatic heterocycles. The molecular weight excluding hydrogens is 627 g/mol. The number of hydrogen-bond acceptors (Lipinski definition) is 5. The Kier molecular flexibility index (Phi) is 8.93. The van der Waals surface area contributed by atoms with Crippen molar-refractivity contribution in [3.05, 3.63) is 74.8 Å². The van der Waals surface area contributed by atoms with Crippen LogP contribution in [0.4, 0.5) is 32.0 Å². The van der Waals surface area contributed by atoms with E-state index >= 15 is 0 Å². The van der Waals surface area contributed by atoms with Gasteiger partial charge in [0.15, 0.2) is 0 Å². The highest BCUT2D eigenvalue weighted by molar-refractivity contribution is 6.43. The number of benzene rings is 2. The number of allylic oxidation sites excluding steroid dienone is 2. The summed E-state index contributed by atoms with van der Waals surface area (Å²) in [5.74, 6) is -4.56. The zero-order valence-corrected chi connectivity index (χ0v) is 24.9. The third-order valence-corrected chi connectivity index (χ3v) is 9.14. The minimum absolute atomic E-state index is 0.0243. The number of phenols is 1. The molecule has 2 aliphatic heterocycles. The lowest BCUT2D eigenvalue weighted by Crippen LogP contribution is -2.46. The molecule has 0 bridgehead atoms. The average Bonchev–Trinajstić information content (AvgIpc) is 3.19. The molecule has 0 radical (unpaired) electrons. The Morgan fingerprint density at radius 2 is 1.69 bits per heavy atom. The number of aromatic hydroxyl groups is 1. The van der Waals surface area contributed by atoms with Crippen molar-refractivity contribution in [3.8, 4) is 5.75 Å². The van der Waals surface area contributed by atoms with E-state index in [0.29, 0.717) is 52.5 Å². The number of phenolic OH excluding ortho intramolecular Hbond substituents is 1. The number of nitrogens with zero attached hydrogens (tertiary/aromatic N) is 1. The van der Waals surface area contributed by atoms with Crippen molar-refractivity contribution in [1.29, 1.82) is 0 Å². The van der Waals surface area contributed by atoms with Crippen LogP contribution >= 0.6 is 11.6 Å². The Balaban J connectivity index is 1.44. The van der Waals surface area contributed by atoms with Crippen molar-refractivity contribution in [2.45, 2.75) is 64.3 Å². The van der Waals surface area contributed by atoms with Gasteiger partial charge in [-0.05, 0) is 92.4 Å². The quantitative estimate of drug-likeness (QED) is 0.144. The number of carbonyl (C=O) groups is 2. The van der Waals surface area contributed by atoms with E-state index < -0.39 is 72.0 Å². The predicted molar refractivity (Wildman–Crippen MR) is 155 cm³/mol. The highest BCUT2D eigenvalue weighted by Gasteiger charge is 2.57. The van der Waals surface area contributed by atoms with Crippen molar-refractivity contribution in [2.75, 3.05) is 4.90 Å². The molecule has 0 spiro atoms. The van der Waals surface area contributed by atoms with Gasteiger partial charge in [0.05, 0.1) is 39.8 Å². The number of amides is 2. The van der Waals surface area contributed by atoms with Crippen molar-refractivity contribution in [3.63, 3.8) is 0 Å². The van der Waals surface area contributed by atoms with E-state index in [-0.39, 0.29) is 24.6 Å². The highest BCUT2D eigenvalue weighted by atomic mass is 35.5. The number of hydrogen-bond donors (Lipinski definition) is 2. The lowest BCUT2D eigenvalue weighted by atomic mass is 9.59. The van der Waals surface area contributed by atoms with Gasteiger partial charge in [-0.2, -0.15) is 26.3 Å². The number of rotatable bonds is 6. The smallest absolute Gasteiger partial charge is 0.455 e. The molecule has 2 aromatic rings. The summed E-state index contributed by atoms with van der Waals surface area (Å²) >= 11 is 6.26. The van der Waals surface area contributed by atoms with Crippen LogP contribution in [0.1, 0.15) is 56.2 Å². The maximum Gasteiger partial charge on any atom is 0.455 e. The Bertz CT molecular complexity index is 1560. The molecule has 240 valence electrons. The van der Waals surface area contributed by atoms with Crippen LogP contribution in [0, 0.1) is 17.8 Å². The van der Waals surface area contributed by atoms with Gasteiger partial charge in [-0.25, -0.2) is 4.90 Å². The summed E-state index contributed by atoms with van der Waals surface area (Å²) in [4.78, 5) is 27.7. The van der Waals surface area contributed by atoms with Crippen LogP contribution in [-0.4, -0.2) is 35.2 Å². The van der Waals surface area contributed by atoms with Gasteiger partial charge in [-0.1, -0.05) is 35.7 Å². The van der Waals surface area contributed by atoms with Crippen LogP contribution in [0.15, 0.2) is 53.1 Å². The molecule has 5 rings (SSSR count). The summed E-state index contributed by atoms with van der Waals surface area (Å²) in [7, 11) is -1.31. The molecule has 2 saturated heterocycles. The Hall–Kier alpha value is -3.29. The summed E-state index contributed by atoms with van der Waals surface area (Å²) in [6.45, 7) is 3.70. The van der Waals surface area contributed by atoms with E-state index in [4.69, 9.17) is 16.3 Å². The number of anilines is 1. The fourth-order valence-electron chi connectivity index (χ4n) is 6.76. The van der Waals surface area contributed by atoms with E-state index in [9.17, 15) is 46.1 Å². The summed E-state index contributed by atoms with van der Waals surface area (Å²) in [6.07, 6.45) is -7.52. The molecule has 2 aromatic carbocycles. The summed E-state index contributed by atoms with van der Waals surface area (Å²) in [6, 6.07) is 5.31. The topological polar surface area (TPSA) is 87.1 Å². The minimum Gasteiger partial charge on any atom is -0.508 e. The van der Waals surface area contributed by atoms with Gasteiger partial charge in [-0.3, -0.25) is 9.59 Å². The molecule has 2 N–H and O–H groups in total. The molecule has 4 atom stereocenters. The van der Waals surface area contributed by atoms with Crippen LogP contribution in [0.2, 0.25) is 11.3 Å². The highest BCUT2D eigenvalue weighted by Crippen LogP contribution is 2.52. The second-order valence-corrected chi connectivity index (χ2v) is 12.1. The van der Waals surface area contributed by atoms with Crippen LogP contribution in [-0.2, 0) is 26.6 Å². The first kappa shape index (κ1) is 33.1. The molecule has 14 heteroatoms. The molecule has 2 amide bonds. The second kappa shape index (κ2) is 12.1. The first-order valence-electron chi connectivity index (χ1n) is 14.4. The van der Waals surface area contributed by atoms with Gasteiger partial charge < -0.3 is 14.8 Å². The maximum atomic E-state index is 13.8. The molecule has 0 saturated carbocycles. The molecular formula is C31H29BClF6NO5. The largest absolute Gasteiger partial charge is 0.508 e. The molecule has 3 aliphatic rings. The normalized spacial score (nSPS) is 24.4. The van der Waals surface area contributed by atoms with E-state index in [0.717, 1.165) is 11.1 Å². The zero-order chi connectivity index (χ0) is 33.0. The number of imide groups is 1. The number of halogens is 7. The van der Waals surface area contributed by atoms with E-state index in [1.165, 1.54) is 12.1 Å². The number of alkyl halides is 6. The Morgan fingerprint density at radius 3 is 2.27 bits per heavy atom. The second-order valence-electron chi connectivity index (χ2n) is 11.7. The Morgan fingerprint density at radius 1 is 1.04 bits per heavy atom. The SMILES string of the molecule is CC/C(=C\c1ccc(O)cc1Cl)CC[C@H]1OB(O)C[C@H]2C1=C(C)C[C@H]1C(=O)N(c3cc(C(F)(F)F)cc(C(F)(F)F)c3)C(=O)[C@H]12. The summed E-state index contributed by atoms with van der Waals surface area (Å²) < 4.78 is 87.2. The lowest BCUT2D eigenvalue weighted by molar-refractivity contribution is -0.143. The van der Waals surface area contributed by atoms with Crippen molar-refractivity contribution < 1.29 is 50.7 Å². The zero-order valence-electron chi connectivity index (χ0n) is 24.2. The van der Waals surface area contributed by atoms with Crippen LogP contribution in [0.25, 0.3) is 6.08 Å². The van der Waals surface area contributed by atoms with E-state index in [1.54, 1.807) is 13.0 Å². The molecule has 1 aliphatic carbocycles.